The van der Waals surface area contributed by atoms with Gasteiger partial charge >= 0.3 is 0 Å². The van der Waals surface area contributed by atoms with Gasteiger partial charge in [-0.3, -0.25) is 4.79 Å². The van der Waals surface area contributed by atoms with Gasteiger partial charge in [-0.05, 0) is 45.4 Å². The fourth-order valence-electron chi connectivity index (χ4n) is 2.69. The summed E-state index contributed by atoms with van der Waals surface area (Å²) in [6, 6.07) is 7.52. The molecule has 118 valence electrons. The summed E-state index contributed by atoms with van der Waals surface area (Å²) in [5.74, 6) is 0.453. The Morgan fingerprint density at radius 1 is 1.23 bits per heavy atom. The quantitative estimate of drug-likeness (QED) is 0.845. The lowest BCUT2D eigenvalue weighted by atomic mass is 9.97. The third-order valence-corrected chi connectivity index (χ3v) is 4.42. The number of hydrogen-bond acceptors (Lipinski definition) is 3. The number of aromatic nitrogens is 1. The Balaban J connectivity index is 2.19. The van der Waals surface area contributed by atoms with Crippen molar-refractivity contribution >= 4 is 17.5 Å². The smallest absolute Gasteiger partial charge is 0.230 e. The second-order valence-electron chi connectivity index (χ2n) is 5.64. The van der Waals surface area contributed by atoms with Crippen molar-refractivity contribution in [1.29, 1.82) is 0 Å². The van der Waals surface area contributed by atoms with Crippen molar-refractivity contribution in [1.82, 2.24) is 10.1 Å². The molecule has 2 rings (SSSR count). The summed E-state index contributed by atoms with van der Waals surface area (Å²) < 4.78 is 5.17. The minimum atomic E-state index is -0.286. The minimum absolute atomic E-state index is 0.0345. The maximum atomic E-state index is 12.8. The maximum Gasteiger partial charge on any atom is 0.230 e. The molecule has 0 saturated carbocycles. The van der Waals surface area contributed by atoms with E-state index >= 15 is 0 Å². The number of rotatable bonds is 4. The molecule has 0 spiro atoms. The number of nitrogens with zero attached hydrogens (tertiary/aromatic N) is 2. The Labute approximate surface area is 136 Å². The normalized spacial score (nSPS) is 13.7. The van der Waals surface area contributed by atoms with Crippen LogP contribution in [0.25, 0.3) is 0 Å². The second kappa shape index (κ2) is 6.53. The molecule has 0 aliphatic heterocycles. The fourth-order valence-corrected chi connectivity index (χ4v) is 2.82. The van der Waals surface area contributed by atoms with E-state index in [9.17, 15) is 4.79 Å². The number of amides is 1. The summed E-state index contributed by atoms with van der Waals surface area (Å²) in [7, 11) is 1.82. The summed E-state index contributed by atoms with van der Waals surface area (Å²) in [4.78, 5) is 14.5. The van der Waals surface area contributed by atoms with E-state index in [1.54, 1.807) is 4.90 Å². The topological polar surface area (TPSA) is 46.3 Å². The fraction of sp³-hybridized carbons (Fsp3) is 0.412. The van der Waals surface area contributed by atoms with Gasteiger partial charge in [0, 0.05) is 17.6 Å². The van der Waals surface area contributed by atoms with Crippen LogP contribution in [0.5, 0.6) is 0 Å². The van der Waals surface area contributed by atoms with Crippen LogP contribution in [-0.2, 0) is 4.79 Å². The van der Waals surface area contributed by atoms with Crippen LogP contribution in [0.1, 0.15) is 48.4 Å². The van der Waals surface area contributed by atoms with Gasteiger partial charge in [-0.2, -0.15) is 0 Å². The number of carbonyl (C=O) groups is 1. The van der Waals surface area contributed by atoms with Gasteiger partial charge < -0.3 is 9.42 Å². The number of hydrogen-bond donors (Lipinski definition) is 0. The van der Waals surface area contributed by atoms with E-state index in [2.05, 4.69) is 5.16 Å². The van der Waals surface area contributed by atoms with Gasteiger partial charge in [0.05, 0.1) is 17.7 Å². The number of likely N-dealkylation sites (N-methyl/N-ethyl adjacent to an activating group) is 1. The van der Waals surface area contributed by atoms with Crippen LogP contribution in [0.2, 0.25) is 5.02 Å². The second-order valence-corrected chi connectivity index (χ2v) is 6.07. The molecule has 1 heterocycles. The molecule has 1 aromatic heterocycles. The van der Waals surface area contributed by atoms with Crippen LogP contribution >= 0.6 is 11.6 Å². The van der Waals surface area contributed by atoms with Crippen molar-refractivity contribution in [3.63, 3.8) is 0 Å². The van der Waals surface area contributed by atoms with Gasteiger partial charge in [0.15, 0.2) is 0 Å². The highest BCUT2D eigenvalue weighted by Gasteiger charge is 2.27. The standard InChI is InChI=1S/C17H21ClN2O2/c1-10(16-11(2)19-22-13(16)4)17(21)20(5)12(3)14-6-8-15(18)9-7-14/h6-10,12H,1-5H3/t10-,12+/m1/s1. The van der Waals surface area contributed by atoms with E-state index < -0.39 is 0 Å². The summed E-state index contributed by atoms with van der Waals surface area (Å²) in [5, 5.41) is 4.62. The van der Waals surface area contributed by atoms with Gasteiger partial charge in [-0.15, -0.1) is 0 Å². The van der Waals surface area contributed by atoms with Crippen LogP contribution in [-0.4, -0.2) is 23.0 Å². The third kappa shape index (κ3) is 3.17. The van der Waals surface area contributed by atoms with Gasteiger partial charge in [-0.1, -0.05) is 28.9 Å². The zero-order chi connectivity index (χ0) is 16.4. The molecule has 0 fully saturated rings. The van der Waals surface area contributed by atoms with E-state index in [1.807, 2.05) is 59.0 Å². The lowest BCUT2D eigenvalue weighted by Crippen LogP contribution is -2.33. The van der Waals surface area contributed by atoms with Crippen molar-refractivity contribution < 1.29 is 9.32 Å². The van der Waals surface area contributed by atoms with Crippen molar-refractivity contribution in [3.8, 4) is 0 Å². The number of halogens is 1. The molecule has 4 nitrogen and oxygen atoms in total. The first-order chi connectivity index (χ1) is 10.3. The molecule has 0 radical (unpaired) electrons. The summed E-state index contributed by atoms with van der Waals surface area (Å²) in [6.45, 7) is 7.58. The summed E-state index contributed by atoms with van der Waals surface area (Å²) in [6.07, 6.45) is 0. The Morgan fingerprint density at radius 2 is 1.82 bits per heavy atom. The van der Waals surface area contributed by atoms with Crippen LogP contribution in [0.4, 0.5) is 0 Å². The maximum absolute atomic E-state index is 12.8. The van der Waals surface area contributed by atoms with Gasteiger partial charge in [0.25, 0.3) is 0 Å². The number of benzene rings is 1. The van der Waals surface area contributed by atoms with E-state index in [0.29, 0.717) is 10.8 Å². The lowest BCUT2D eigenvalue weighted by Gasteiger charge is -2.28. The first-order valence-corrected chi connectivity index (χ1v) is 7.65. The third-order valence-electron chi connectivity index (χ3n) is 4.17. The van der Waals surface area contributed by atoms with E-state index in [4.69, 9.17) is 16.1 Å². The number of carbonyl (C=O) groups excluding carboxylic acids is 1. The minimum Gasteiger partial charge on any atom is -0.361 e. The largest absolute Gasteiger partial charge is 0.361 e. The molecule has 1 aromatic carbocycles. The zero-order valence-electron chi connectivity index (χ0n) is 13.6. The van der Waals surface area contributed by atoms with E-state index in [1.165, 1.54) is 0 Å². The monoisotopic (exact) mass is 320 g/mol. The lowest BCUT2D eigenvalue weighted by molar-refractivity contribution is -0.133. The molecule has 0 aliphatic carbocycles. The van der Waals surface area contributed by atoms with Gasteiger partial charge in [-0.25, -0.2) is 0 Å². The van der Waals surface area contributed by atoms with Crippen LogP contribution < -0.4 is 0 Å². The molecular weight excluding hydrogens is 300 g/mol. The highest BCUT2D eigenvalue weighted by atomic mass is 35.5. The Kier molecular flexibility index (Phi) is 4.91. The van der Waals surface area contributed by atoms with Crippen LogP contribution in [0.3, 0.4) is 0 Å². The molecule has 0 bridgehead atoms. The van der Waals surface area contributed by atoms with Gasteiger partial charge in [0.2, 0.25) is 5.91 Å². The molecule has 0 aliphatic rings. The van der Waals surface area contributed by atoms with Crippen molar-refractivity contribution in [2.75, 3.05) is 7.05 Å². The van der Waals surface area contributed by atoms with Gasteiger partial charge in [0.1, 0.15) is 5.76 Å². The van der Waals surface area contributed by atoms with Crippen molar-refractivity contribution in [2.45, 2.75) is 39.7 Å². The molecule has 0 saturated heterocycles. The highest BCUT2D eigenvalue weighted by molar-refractivity contribution is 6.30. The molecule has 22 heavy (non-hydrogen) atoms. The van der Waals surface area contributed by atoms with E-state index in [0.717, 1.165) is 16.8 Å². The molecule has 2 atom stereocenters. The Bertz CT molecular complexity index is 644. The molecule has 0 N–H and O–H groups in total. The van der Waals surface area contributed by atoms with Crippen LogP contribution in [0.15, 0.2) is 28.8 Å². The SMILES string of the molecule is Cc1noc(C)c1[C@@H](C)C(=O)N(C)[C@@H](C)c1ccc(Cl)cc1. The Morgan fingerprint density at radius 3 is 2.32 bits per heavy atom. The Hall–Kier alpha value is -1.81. The van der Waals surface area contributed by atoms with Crippen LogP contribution in [0, 0.1) is 13.8 Å². The molecular formula is C17H21ClN2O2. The molecule has 1 amide bonds. The highest BCUT2D eigenvalue weighted by Crippen LogP contribution is 2.28. The number of aryl methyl sites for hydroxylation is 2. The van der Waals surface area contributed by atoms with Crippen molar-refractivity contribution in [2.24, 2.45) is 0 Å². The van der Waals surface area contributed by atoms with Crippen molar-refractivity contribution in [3.05, 3.63) is 51.9 Å². The first kappa shape index (κ1) is 16.6. The van der Waals surface area contributed by atoms with E-state index in [-0.39, 0.29) is 17.9 Å². The average Bonchev–Trinajstić information content (AvgIpc) is 2.84. The average molecular weight is 321 g/mol. The first-order valence-electron chi connectivity index (χ1n) is 7.27. The molecule has 0 unspecified atom stereocenters. The summed E-state index contributed by atoms with van der Waals surface area (Å²) >= 11 is 5.91. The predicted molar refractivity (Wildman–Crippen MR) is 87.0 cm³/mol. The zero-order valence-corrected chi connectivity index (χ0v) is 14.3. The molecule has 2 aromatic rings. The predicted octanol–water partition coefficient (Wildman–Crippen LogP) is 4.27. The summed E-state index contributed by atoms with van der Waals surface area (Å²) in [5.41, 5.74) is 2.69. The molecule has 5 heteroatoms.